The molecule has 1 aromatic heterocycles. The quantitative estimate of drug-likeness (QED) is 0.864. The van der Waals surface area contributed by atoms with Crippen LogP contribution in [0.3, 0.4) is 0 Å². The van der Waals surface area contributed by atoms with Crippen LogP contribution in [-0.4, -0.2) is 11.0 Å². The van der Waals surface area contributed by atoms with E-state index in [4.69, 9.17) is 11.6 Å². The zero-order chi connectivity index (χ0) is 9.97. The lowest BCUT2D eigenvalue weighted by Crippen LogP contribution is -2.25. The van der Waals surface area contributed by atoms with E-state index in [-0.39, 0.29) is 0 Å². The molecule has 1 aliphatic rings. The summed E-state index contributed by atoms with van der Waals surface area (Å²) < 4.78 is 0.779. The summed E-state index contributed by atoms with van der Waals surface area (Å²) in [4.78, 5) is 4.22. The molecule has 14 heavy (non-hydrogen) atoms. The molecule has 1 N–H and O–H groups in total. The van der Waals surface area contributed by atoms with E-state index in [0.29, 0.717) is 6.04 Å². The van der Waals surface area contributed by atoms with Crippen molar-refractivity contribution in [1.82, 2.24) is 10.3 Å². The Labute approximate surface area is 93.7 Å². The third kappa shape index (κ3) is 2.69. The summed E-state index contributed by atoms with van der Waals surface area (Å²) in [6, 6.07) is 0.688. The van der Waals surface area contributed by atoms with E-state index in [9.17, 15) is 0 Å². The number of nitrogens with one attached hydrogen (secondary N) is 1. The van der Waals surface area contributed by atoms with E-state index in [0.717, 1.165) is 21.8 Å². The third-order valence-corrected chi connectivity index (χ3v) is 3.88. The number of hydrogen-bond donors (Lipinski definition) is 1. The van der Waals surface area contributed by atoms with E-state index in [1.165, 1.54) is 19.3 Å². The maximum Gasteiger partial charge on any atom is 0.113 e. The van der Waals surface area contributed by atoms with Crippen molar-refractivity contribution in [3.63, 3.8) is 0 Å². The van der Waals surface area contributed by atoms with Crippen LogP contribution in [0.2, 0.25) is 4.34 Å². The minimum atomic E-state index is 0.688. The summed E-state index contributed by atoms with van der Waals surface area (Å²) in [7, 11) is 0. The Bertz CT molecular complexity index is 300. The van der Waals surface area contributed by atoms with Gasteiger partial charge in [-0.3, -0.25) is 0 Å². The highest BCUT2D eigenvalue weighted by molar-refractivity contribution is 7.15. The van der Waals surface area contributed by atoms with Gasteiger partial charge in [-0.15, -0.1) is 11.3 Å². The molecule has 2 atom stereocenters. The second-order valence-corrected chi connectivity index (χ2v) is 5.80. The predicted molar refractivity (Wildman–Crippen MR) is 60.8 cm³/mol. The molecular formula is C10H15ClN2S. The van der Waals surface area contributed by atoms with Crippen LogP contribution in [0.15, 0.2) is 6.20 Å². The van der Waals surface area contributed by atoms with Gasteiger partial charge in [0.05, 0.1) is 6.20 Å². The predicted octanol–water partition coefficient (Wildman–Crippen LogP) is 3.07. The Morgan fingerprint density at radius 3 is 3.07 bits per heavy atom. The minimum absolute atomic E-state index is 0.688. The normalized spacial score (nSPS) is 27.0. The average Bonchev–Trinajstić information content (AvgIpc) is 2.72. The lowest BCUT2D eigenvalue weighted by atomic mass is 10.1. The summed E-state index contributed by atoms with van der Waals surface area (Å²) in [5.41, 5.74) is 0. The van der Waals surface area contributed by atoms with Crippen LogP contribution < -0.4 is 5.32 Å². The van der Waals surface area contributed by atoms with Crippen LogP contribution in [0.5, 0.6) is 0 Å². The lowest BCUT2D eigenvalue weighted by Gasteiger charge is -2.10. The van der Waals surface area contributed by atoms with Crippen molar-refractivity contribution < 1.29 is 0 Å². The van der Waals surface area contributed by atoms with Gasteiger partial charge in [-0.25, -0.2) is 4.98 Å². The van der Waals surface area contributed by atoms with Crippen molar-refractivity contribution in [1.29, 1.82) is 0 Å². The van der Waals surface area contributed by atoms with Crippen molar-refractivity contribution in [3.8, 4) is 0 Å². The Hall–Kier alpha value is -0.120. The summed E-state index contributed by atoms with van der Waals surface area (Å²) in [5, 5.41) is 4.62. The van der Waals surface area contributed by atoms with Crippen LogP contribution in [0.4, 0.5) is 0 Å². The zero-order valence-electron chi connectivity index (χ0n) is 8.29. The molecule has 4 heteroatoms. The summed E-state index contributed by atoms with van der Waals surface area (Å²) in [6.07, 6.45) is 5.69. The zero-order valence-corrected chi connectivity index (χ0v) is 9.87. The van der Waals surface area contributed by atoms with Gasteiger partial charge in [0, 0.05) is 12.6 Å². The fourth-order valence-electron chi connectivity index (χ4n) is 1.99. The number of halogens is 1. The Kier molecular flexibility index (Phi) is 3.42. The average molecular weight is 231 g/mol. The molecule has 1 aliphatic carbocycles. The second-order valence-electron chi connectivity index (χ2n) is 4.05. The van der Waals surface area contributed by atoms with Gasteiger partial charge in [0.15, 0.2) is 0 Å². The van der Waals surface area contributed by atoms with Gasteiger partial charge in [0.25, 0.3) is 0 Å². The molecule has 78 valence electrons. The molecule has 1 heterocycles. The first-order chi connectivity index (χ1) is 6.74. The Morgan fingerprint density at radius 1 is 1.64 bits per heavy atom. The third-order valence-electron chi connectivity index (χ3n) is 2.76. The Morgan fingerprint density at radius 2 is 2.50 bits per heavy atom. The van der Waals surface area contributed by atoms with Gasteiger partial charge in [-0.2, -0.15) is 0 Å². The fraction of sp³-hybridized carbons (Fsp3) is 0.700. The van der Waals surface area contributed by atoms with Gasteiger partial charge >= 0.3 is 0 Å². The van der Waals surface area contributed by atoms with Crippen LogP contribution in [-0.2, 0) is 6.54 Å². The Balaban J connectivity index is 1.77. The summed E-state index contributed by atoms with van der Waals surface area (Å²) in [5.74, 6) is 0.882. The highest BCUT2D eigenvalue weighted by atomic mass is 35.5. The van der Waals surface area contributed by atoms with Gasteiger partial charge < -0.3 is 5.32 Å². The number of aromatic nitrogens is 1. The molecule has 0 aromatic carbocycles. The number of rotatable bonds is 3. The first-order valence-electron chi connectivity index (χ1n) is 5.07. The van der Waals surface area contributed by atoms with Crippen molar-refractivity contribution >= 4 is 22.9 Å². The molecular weight excluding hydrogens is 216 g/mol. The molecule has 0 amide bonds. The summed E-state index contributed by atoms with van der Waals surface area (Å²) in [6.45, 7) is 3.19. The second kappa shape index (κ2) is 4.60. The van der Waals surface area contributed by atoms with Gasteiger partial charge in [-0.05, 0) is 25.2 Å². The molecule has 2 nitrogen and oxygen atoms in total. The molecule has 1 aromatic rings. The number of thiazole rings is 1. The smallest absolute Gasteiger partial charge is 0.113 e. The van der Waals surface area contributed by atoms with E-state index in [2.05, 4.69) is 17.2 Å². The van der Waals surface area contributed by atoms with Crippen LogP contribution in [0, 0.1) is 5.92 Å². The highest BCUT2D eigenvalue weighted by Gasteiger charge is 2.20. The number of hydrogen-bond acceptors (Lipinski definition) is 3. The summed E-state index contributed by atoms with van der Waals surface area (Å²) >= 11 is 7.37. The maximum atomic E-state index is 5.81. The van der Waals surface area contributed by atoms with Crippen molar-refractivity contribution in [2.75, 3.05) is 0 Å². The molecule has 0 aliphatic heterocycles. The molecule has 2 rings (SSSR count). The van der Waals surface area contributed by atoms with E-state index in [1.54, 1.807) is 17.5 Å². The minimum Gasteiger partial charge on any atom is -0.308 e. The van der Waals surface area contributed by atoms with E-state index in [1.807, 2.05) is 0 Å². The largest absolute Gasteiger partial charge is 0.308 e. The van der Waals surface area contributed by atoms with Crippen molar-refractivity contribution in [2.45, 2.75) is 38.8 Å². The van der Waals surface area contributed by atoms with Crippen LogP contribution in [0.25, 0.3) is 0 Å². The molecule has 1 fully saturated rings. The number of nitrogens with zero attached hydrogens (tertiary/aromatic N) is 1. The molecule has 2 unspecified atom stereocenters. The van der Waals surface area contributed by atoms with Gasteiger partial charge in [-0.1, -0.05) is 18.5 Å². The maximum absolute atomic E-state index is 5.81. The molecule has 0 radical (unpaired) electrons. The highest BCUT2D eigenvalue weighted by Crippen LogP contribution is 2.25. The SMILES string of the molecule is CC1CCC(NCc2ncc(Cl)s2)C1. The van der Waals surface area contributed by atoms with Gasteiger partial charge in [0.2, 0.25) is 0 Å². The first-order valence-corrected chi connectivity index (χ1v) is 6.27. The molecule has 0 spiro atoms. The molecule has 1 saturated carbocycles. The topological polar surface area (TPSA) is 24.9 Å². The first kappa shape index (κ1) is 10.4. The van der Waals surface area contributed by atoms with E-state index >= 15 is 0 Å². The van der Waals surface area contributed by atoms with Crippen LogP contribution in [0.1, 0.15) is 31.2 Å². The van der Waals surface area contributed by atoms with E-state index < -0.39 is 0 Å². The molecule has 0 saturated heterocycles. The lowest BCUT2D eigenvalue weighted by molar-refractivity contribution is 0.501. The molecule has 0 bridgehead atoms. The van der Waals surface area contributed by atoms with Crippen LogP contribution >= 0.6 is 22.9 Å². The standard InChI is InChI=1S/C10H15ClN2S/c1-7-2-3-8(4-7)12-6-10-13-5-9(11)14-10/h5,7-8,12H,2-4,6H2,1H3. The van der Waals surface area contributed by atoms with Crippen molar-refractivity contribution in [3.05, 3.63) is 15.5 Å². The van der Waals surface area contributed by atoms with Gasteiger partial charge in [0.1, 0.15) is 9.34 Å². The van der Waals surface area contributed by atoms with Crippen molar-refractivity contribution in [2.24, 2.45) is 5.92 Å². The fourth-order valence-corrected chi connectivity index (χ4v) is 2.90. The monoisotopic (exact) mass is 230 g/mol.